The molecule has 3 fully saturated rings. The van der Waals surface area contributed by atoms with Gasteiger partial charge >= 0.3 is 6.03 Å². The van der Waals surface area contributed by atoms with Crippen LogP contribution in [-0.4, -0.2) is 88.4 Å². The molecular formula is C27H40N6O3. The molecule has 4 aliphatic rings. The van der Waals surface area contributed by atoms with Gasteiger partial charge in [-0.05, 0) is 63.1 Å². The lowest BCUT2D eigenvalue weighted by atomic mass is 9.98. The fraction of sp³-hybridized carbons (Fsp3) is 0.667. The van der Waals surface area contributed by atoms with Gasteiger partial charge in [-0.15, -0.1) is 0 Å². The third kappa shape index (κ3) is 5.52. The van der Waals surface area contributed by atoms with Crippen molar-refractivity contribution in [1.29, 1.82) is 0 Å². The van der Waals surface area contributed by atoms with Gasteiger partial charge in [0.25, 0.3) is 0 Å². The van der Waals surface area contributed by atoms with Crippen molar-refractivity contribution in [3.05, 3.63) is 29.8 Å². The summed E-state index contributed by atoms with van der Waals surface area (Å²) in [7, 11) is 0. The zero-order valence-electron chi connectivity index (χ0n) is 21.2. The predicted molar refractivity (Wildman–Crippen MR) is 138 cm³/mol. The number of carbonyl (C=O) groups is 3. The molecule has 4 aliphatic heterocycles. The number of fused-ring (bicyclic) bond motifs is 1. The Kier molecular flexibility index (Phi) is 7.76. The monoisotopic (exact) mass is 496 g/mol. The molecule has 1 unspecified atom stereocenters. The number of carbonyl (C=O) groups excluding carboxylic acids is 3. The van der Waals surface area contributed by atoms with E-state index in [1.54, 1.807) is 0 Å². The number of hydrogen-bond donors (Lipinski definition) is 2. The van der Waals surface area contributed by atoms with E-state index < -0.39 is 0 Å². The zero-order valence-corrected chi connectivity index (χ0v) is 21.2. The van der Waals surface area contributed by atoms with Crippen molar-refractivity contribution < 1.29 is 14.4 Å². The molecule has 0 aliphatic carbocycles. The SMILES string of the molecule is NC1CCCCN1C1CCN(C(=O)CCC(=O)N2CCC(N3Cc4ccccc4NC3=O)CC2)CC1. The topological polar surface area (TPSA) is 102 Å². The second kappa shape index (κ2) is 11.2. The molecule has 1 aromatic carbocycles. The number of para-hydroxylation sites is 1. The molecule has 3 saturated heterocycles. The van der Waals surface area contributed by atoms with Gasteiger partial charge in [0.05, 0.1) is 6.17 Å². The van der Waals surface area contributed by atoms with Crippen LogP contribution in [-0.2, 0) is 16.1 Å². The average Bonchev–Trinajstić information content (AvgIpc) is 2.91. The van der Waals surface area contributed by atoms with Crippen LogP contribution >= 0.6 is 0 Å². The summed E-state index contributed by atoms with van der Waals surface area (Å²) in [5, 5.41) is 2.98. The standard InChI is InChI=1S/C27H40N6O3/c28-24-7-3-4-14-32(24)21-10-15-30(16-11-21)25(34)8-9-26(35)31-17-12-22(13-18-31)33-19-20-5-1-2-6-23(20)29-27(33)36/h1-2,5-6,21-22,24H,3-4,7-19,28H2,(H,29,36). The molecule has 4 heterocycles. The van der Waals surface area contributed by atoms with Crippen LogP contribution in [0.3, 0.4) is 0 Å². The van der Waals surface area contributed by atoms with Crippen LogP contribution in [0.25, 0.3) is 0 Å². The van der Waals surface area contributed by atoms with Crippen molar-refractivity contribution in [2.24, 2.45) is 5.73 Å². The van der Waals surface area contributed by atoms with Gasteiger partial charge in [0.1, 0.15) is 0 Å². The maximum absolute atomic E-state index is 12.8. The molecule has 9 heteroatoms. The Labute approximate surface area is 213 Å². The van der Waals surface area contributed by atoms with Crippen LogP contribution in [0.4, 0.5) is 10.5 Å². The Bertz CT molecular complexity index is 955. The van der Waals surface area contributed by atoms with Crippen LogP contribution in [0.15, 0.2) is 24.3 Å². The molecule has 0 saturated carbocycles. The van der Waals surface area contributed by atoms with Gasteiger partial charge in [-0.2, -0.15) is 0 Å². The summed E-state index contributed by atoms with van der Waals surface area (Å²) in [4.78, 5) is 46.4. The zero-order chi connectivity index (χ0) is 25.1. The number of amides is 4. The van der Waals surface area contributed by atoms with E-state index in [9.17, 15) is 14.4 Å². The van der Waals surface area contributed by atoms with E-state index in [1.807, 2.05) is 39.0 Å². The van der Waals surface area contributed by atoms with Crippen LogP contribution in [0.2, 0.25) is 0 Å². The second-order valence-corrected chi connectivity index (χ2v) is 10.7. The lowest BCUT2D eigenvalue weighted by molar-refractivity contribution is -0.138. The number of anilines is 1. The number of rotatable bonds is 5. The molecule has 1 aromatic rings. The maximum atomic E-state index is 12.8. The van der Waals surface area contributed by atoms with Gasteiger partial charge < -0.3 is 25.8 Å². The Morgan fingerprint density at radius 2 is 1.44 bits per heavy atom. The van der Waals surface area contributed by atoms with E-state index in [2.05, 4.69) is 10.2 Å². The summed E-state index contributed by atoms with van der Waals surface area (Å²) in [6, 6.07) is 8.43. The third-order valence-electron chi connectivity index (χ3n) is 8.55. The highest BCUT2D eigenvalue weighted by Crippen LogP contribution is 2.28. The molecule has 36 heavy (non-hydrogen) atoms. The molecule has 9 nitrogen and oxygen atoms in total. The lowest BCUT2D eigenvalue weighted by Crippen LogP contribution is -2.54. The number of nitrogens with one attached hydrogen (secondary N) is 1. The summed E-state index contributed by atoms with van der Waals surface area (Å²) in [6.45, 7) is 4.45. The van der Waals surface area contributed by atoms with Crippen molar-refractivity contribution in [3.8, 4) is 0 Å². The van der Waals surface area contributed by atoms with Crippen molar-refractivity contribution in [2.75, 3.05) is 38.0 Å². The van der Waals surface area contributed by atoms with E-state index >= 15 is 0 Å². The molecule has 0 radical (unpaired) electrons. The number of likely N-dealkylation sites (tertiary alicyclic amines) is 3. The first-order valence-electron chi connectivity index (χ1n) is 13.7. The number of nitrogens with two attached hydrogens (primary N) is 1. The molecule has 0 aromatic heterocycles. The molecule has 3 N–H and O–H groups in total. The molecule has 0 bridgehead atoms. The normalized spacial score (nSPS) is 24.4. The fourth-order valence-corrected chi connectivity index (χ4v) is 6.35. The quantitative estimate of drug-likeness (QED) is 0.652. The van der Waals surface area contributed by atoms with E-state index in [0.717, 1.165) is 63.0 Å². The van der Waals surface area contributed by atoms with E-state index in [1.165, 1.54) is 12.8 Å². The number of hydrogen-bond acceptors (Lipinski definition) is 5. The minimum atomic E-state index is -0.0601. The molecular weight excluding hydrogens is 456 g/mol. The van der Waals surface area contributed by atoms with Gasteiger partial charge in [-0.25, -0.2) is 4.79 Å². The van der Waals surface area contributed by atoms with Crippen LogP contribution in [0.5, 0.6) is 0 Å². The molecule has 0 spiro atoms. The van der Waals surface area contributed by atoms with Gasteiger partial charge in [-0.3, -0.25) is 14.5 Å². The number of nitrogens with zero attached hydrogens (tertiary/aromatic N) is 4. The van der Waals surface area contributed by atoms with Gasteiger partial charge in [0, 0.05) is 63.3 Å². The smallest absolute Gasteiger partial charge is 0.322 e. The van der Waals surface area contributed by atoms with E-state index in [0.29, 0.717) is 25.7 Å². The minimum absolute atomic E-state index is 0.0458. The first-order chi connectivity index (χ1) is 17.5. The summed E-state index contributed by atoms with van der Waals surface area (Å²) in [5.74, 6) is 0.132. The predicted octanol–water partition coefficient (Wildman–Crippen LogP) is 2.57. The first-order valence-corrected chi connectivity index (χ1v) is 13.7. The van der Waals surface area contributed by atoms with E-state index in [-0.39, 0.29) is 42.9 Å². The third-order valence-corrected chi connectivity index (χ3v) is 8.55. The maximum Gasteiger partial charge on any atom is 0.322 e. The summed E-state index contributed by atoms with van der Waals surface area (Å²) in [6.07, 6.45) is 7.66. The van der Waals surface area contributed by atoms with Gasteiger partial charge in [0.15, 0.2) is 0 Å². The Morgan fingerprint density at radius 1 is 0.833 bits per heavy atom. The van der Waals surface area contributed by atoms with Gasteiger partial charge in [-0.1, -0.05) is 18.2 Å². The van der Waals surface area contributed by atoms with Crippen LogP contribution in [0.1, 0.15) is 63.4 Å². The summed E-state index contributed by atoms with van der Waals surface area (Å²) in [5.41, 5.74) is 8.32. The highest BCUT2D eigenvalue weighted by Gasteiger charge is 2.34. The van der Waals surface area contributed by atoms with E-state index in [4.69, 9.17) is 5.73 Å². The van der Waals surface area contributed by atoms with Crippen molar-refractivity contribution in [2.45, 2.75) is 82.6 Å². The van der Waals surface area contributed by atoms with Crippen molar-refractivity contribution in [1.82, 2.24) is 19.6 Å². The number of urea groups is 1. The number of piperidine rings is 3. The molecule has 1 atom stereocenters. The van der Waals surface area contributed by atoms with Crippen molar-refractivity contribution in [3.63, 3.8) is 0 Å². The molecule has 196 valence electrons. The first kappa shape index (κ1) is 25.0. The Balaban J connectivity index is 1.03. The van der Waals surface area contributed by atoms with Gasteiger partial charge in [0.2, 0.25) is 11.8 Å². The summed E-state index contributed by atoms with van der Waals surface area (Å²) >= 11 is 0. The van der Waals surface area contributed by atoms with Crippen LogP contribution < -0.4 is 11.1 Å². The number of benzene rings is 1. The largest absolute Gasteiger partial charge is 0.343 e. The molecule has 4 amide bonds. The minimum Gasteiger partial charge on any atom is -0.343 e. The summed E-state index contributed by atoms with van der Waals surface area (Å²) < 4.78 is 0. The van der Waals surface area contributed by atoms with Crippen LogP contribution in [0, 0.1) is 0 Å². The fourth-order valence-electron chi connectivity index (χ4n) is 6.35. The Hall–Kier alpha value is -2.65. The lowest BCUT2D eigenvalue weighted by Gasteiger charge is -2.43. The highest BCUT2D eigenvalue weighted by molar-refractivity contribution is 5.92. The second-order valence-electron chi connectivity index (χ2n) is 10.7. The highest BCUT2D eigenvalue weighted by atomic mass is 16.2. The average molecular weight is 497 g/mol. The Morgan fingerprint density at radius 3 is 2.08 bits per heavy atom. The van der Waals surface area contributed by atoms with Crippen molar-refractivity contribution >= 4 is 23.5 Å². The molecule has 5 rings (SSSR count).